The number of carbonyl (C=O) groups excluding carboxylic acids is 1. The van der Waals surface area contributed by atoms with Crippen LogP contribution in [-0.4, -0.2) is 50.4 Å². The maximum atomic E-state index is 13.3. The quantitative estimate of drug-likeness (QED) is 0.355. The van der Waals surface area contributed by atoms with Gasteiger partial charge >= 0.3 is 5.97 Å². The lowest BCUT2D eigenvalue weighted by Gasteiger charge is -2.35. The summed E-state index contributed by atoms with van der Waals surface area (Å²) in [7, 11) is 4.30. The molecule has 5 rings (SSSR count). The molecule has 4 heterocycles. The van der Waals surface area contributed by atoms with Crippen molar-refractivity contribution in [1.82, 2.24) is 9.55 Å². The number of benzene rings is 1. The Morgan fingerprint density at radius 3 is 2.56 bits per heavy atom. The Labute approximate surface area is 198 Å². The van der Waals surface area contributed by atoms with Gasteiger partial charge < -0.3 is 24.0 Å². The van der Waals surface area contributed by atoms with Crippen LogP contribution >= 0.6 is 0 Å². The van der Waals surface area contributed by atoms with Crippen LogP contribution in [0.15, 0.2) is 29.1 Å². The molecule has 1 atom stereocenters. The number of cyclic esters (lactones) is 1. The van der Waals surface area contributed by atoms with Crippen molar-refractivity contribution in [3.05, 3.63) is 56.9 Å². The summed E-state index contributed by atoms with van der Waals surface area (Å²) in [6.45, 7) is 9.20. The maximum Gasteiger partial charge on any atom is 0.340 e. The van der Waals surface area contributed by atoms with Gasteiger partial charge in [0, 0.05) is 22.1 Å². The zero-order valence-electron chi connectivity index (χ0n) is 20.5. The van der Waals surface area contributed by atoms with E-state index < -0.39 is 12.1 Å². The predicted molar refractivity (Wildman–Crippen MR) is 129 cm³/mol. The van der Waals surface area contributed by atoms with Gasteiger partial charge in [0.25, 0.3) is 5.56 Å². The van der Waals surface area contributed by atoms with Crippen molar-refractivity contribution >= 4 is 16.9 Å². The SMILES string of the molecule is CC.CC(C)[N+](C)(C)Cc1c2c(nc3ccc(O)cc13)-c1cc3c(c(=O)n1C2)COC(=O)C3O. The van der Waals surface area contributed by atoms with Gasteiger partial charge in [-0.05, 0) is 38.1 Å². The fourth-order valence-corrected chi connectivity index (χ4v) is 4.47. The number of esters is 1. The molecule has 0 saturated carbocycles. The number of rotatable bonds is 3. The molecule has 0 spiro atoms. The Bertz CT molecular complexity index is 1360. The summed E-state index contributed by atoms with van der Waals surface area (Å²) in [6.07, 6.45) is -1.48. The van der Waals surface area contributed by atoms with Crippen LogP contribution in [0, 0.1) is 0 Å². The molecule has 0 aliphatic carbocycles. The topological polar surface area (TPSA) is 102 Å². The highest BCUT2D eigenvalue weighted by Gasteiger charge is 2.35. The van der Waals surface area contributed by atoms with Gasteiger partial charge in [-0.15, -0.1) is 0 Å². The number of aromatic hydroxyl groups is 1. The number of carbonyl (C=O) groups is 1. The van der Waals surface area contributed by atoms with Crippen molar-refractivity contribution < 1.29 is 24.2 Å². The molecule has 2 N–H and O–H groups in total. The first-order chi connectivity index (χ1) is 16.1. The zero-order chi connectivity index (χ0) is 24.9. The Kier molecular flexibility index (Phi) is 5.99. The molecule has 0 amide bonds. The van der Waals surface area contributed by atoms with E-state index in [2.05, 4.69) is 27.9 Å². The number of nitrogens with zero attached hydrogens (tertiary/aromatic N) is 3. The standard InChI is InChI=1S/C24H25N3O5.C2H6/c1-12(2)27(3,4)10-17-14-7-13(28)5-6-19(14)25-21-16(17)9-26-20(21)8-15-18(23(26)30)11-32-24(31)22(15)29;1-2/h5-8,12,22,29H,9-11H2,1-4H3;1-2H3/p+1. The van der Waals surface area contributed by atoms with Crippen molar-refractivity contribution in [3.8, 4) is 17.1 Å². The third-order valence-corrected chi connectivity index (χ3v) is 7.02. The molecule has 8 nitrogen and oxygen atoms in total. The van der Waals surface area contributed by atoms with E-state index in [1.165, 1.54) is 0 Å². The Morgan fingerprint density at radius 1 is 1.18 bits per heavy atom. The van der Waals surface area contributed by atoms with E-state index in [0.29, 0.717) is 40.6 Å². The fraction of sp³-hybridized carbons (Fsp3) is 0.423. The largest absolute Gasteiger partial charge is 0.508 e. The van der Waals surface area contributed by atoms with E-state index in [9.17, 15) is 19.8 Å². The van der Waals surface area contributed by atoms with Crippen molar-refractivity contribution in [1.29, 1.82) is 0 Å². The number of phenolic OH excluding ortho intramolecular Hbond substituents is 1. The molecule has 2 aromatic heterocycles. The summed E-state index contributed by atoms with van der Waals surface area (Å²) in [5.74, 6) is -0.587. The highest BCUT2D eigenvalue weighted by Crippen LogP contribution is 2.39. The second kappa shape index (κ2) is 8.52. The second-order valence-corrected chi connectivity index (χ2v) is 9.51. The van der Waals surface area contributed by atoms with Gasteiger partial charge in [-0.1, -0.05) is 13.8 Å². The Morgan fingerprint density at radius 2 is 1.88 bits per heavy atom. The molecule has 3 aromatic rings. The number of aromatic nitrogens is 2. The van der Waals surface area contributed by atoms with E-state index in [1.54, 1.807) is 28.8 Å². The summed E-state index contributed by atoms with van der Waals surface area (Å²) in [6, 6.07) is 7.14. The smallest absolute Gasteiger partial charge is 0.340 e. The van der Waals surface area contributed by atoms with E-state index in [4.69, 9.17) is 9.72 Å². The van der Waals surface area contributed by atoms with Gasteiger partial charge in [0.1, 0.15) is 18.9 Å². The molecule has 34 heavy (non-hydrogen) atoms. The minimum absolute atomic E-state index is 0.145. The van der Waals surface area contributed by atoms with Crippen molar-refractivity contribution in [2.45, 2.75) is 59.5 Å². The molecular formula is C26H32N3O5+. The lowest BCUT2D eigenvalue weighted by atomic mass is 9.97. The number of aliphatic hydroxyl groups is 1. The minimum atomic E-state index is -1.48. The van der Waals surface area contributed by atoms with E-state index in [0.717, 1.165) is 22.0 Å². The van der Waals surface area contributed by atoms with Crippen LogP contribution in [0.5, 0.6) is 5.75 Å². The molecule has 0 radical (unpaired) electrons. The highest BCUT2D eigenvalue weighted by atomic mass is 16.5. The molecule has 8 heteroatoms. The van der Waals surface area contributed by atoms with Gasteiger partial charge in [-0.25, -0.2) is 9.78 Å². The Hall–Kier alpha value is -3.23. The molecule has 1 aromatic carbocycles. The van der Waals surface area contributed by atoms with Gasteiger partial charge in [0.15, 0.2) is 6.10 Å². The molecule has 0 fully saturated rings. The van der Waals surface area contributed by atoms with Crippen LogP contribution in [0.4, 0.5) is 0 Å². The minimum Gasteiger partial charge on any atom is -0.508 e. The highest BCUT2D eigenvalue weighted by molar-refractivity contribution is 5.89. The van der Waals surface area contributed by atoms with Gasteiger partial charge in [-0.2, -0.15) is 0 Å². The number of aliphatic hydroxyl groups excluding tert-OH is 1. The average molecular weight is 467 g/mol. The van der Waals surface area contributed by atoms with Crippen LogP contribution in [0.3, 0.4) is 0 Å². The first-order valence-electron chi connectivity index (χ1n) is 11.7. The monoisotopic (exact) mass is 466 g/mol. The van der Waals surface area contributed by atoms with Crippen LogP contribution in [-0.2, 0) is 29.2 Å². The van der Waals surface area contributed by atoms with E-state index >= 15 is 0 Å². The lowest BCUT2D eigenvalue weighted by molar-refractivity contribution is -0.924. The number of fused-ring (bicyclic) bond motifs is 5. The zero-order valence-corrected chi connectivity index (χ0v) is 20.5. The van der Waals surface area contributed by atoms with Crippen LogP contribution in [0.2, 0.25) is 0 Å². The summed E-state index contributed by atoms with van der Waals surface area (Å²) in [5, 5.41) is 21.4. The van der Waals surface area contributed by atoms with Crippen LogP contribution in [0.1, 0.15) is 56.1 Å². The Balaban J connectivity index is 0.00000133. The predicted octanol–water partition coefficient (Wildman–Crippen LogP) is 3.23. The molecule has 2 aliphatic rings. The number of pyridine rings is 2. The lowest BCUT2D eigenvalue weighted by Crippen LogP contribution is -2.45. The molecule has 0 saturated heterocycles. The van der Waals surface area contributed by atoms with E-state index in [-0.39, 0.29) is 23.5 Å². The summed E-state index contributed by atoms with van der Waals surface area (Å²) >= 11 is 0. The van der Waals surface area contributed by atoms with Crippen molar-refractivity contribution in [2.75, 3.05) is 14.1 Å². The fourth-order valence-electron chi connectivity index (χ4n) is 4.47. The first-order valence-corrected chi connectivity index (χ1v) is 11.7. The summed E-state index contributed by atoms with van der Waals surface area (Å²) < 4.78 is 7.33. The van der Waals surface area contributed by atoms with E-state index in [1.807, 2.05) is 13.8 Å². The van der Waals surface area contributed by atoms with Gasteiger partial charge in [0.2, 0.25) is 0 Å². The number of hydrogen-bond acceptors (Lipinski definition) is 6. The van der Waals surface area contributed by atoms with Crippen LogP contribution < -0.4 is 5.56 Å². The molecule has 2 aliphatic heterocycles. The number of hydrogen-bond donors (Lipinski definition) is 2. The normalized spacial score (nSPS) is 16.5. The number of phenols is 1. The molecule has 0 bridgehead atoms. The first kappa shape index (κ1) is 23.9. The molecule has 1 unspecified atom stereocenters. The van der Waals surface area contributed by atoms with Crippen molar-refractivity contribution in [3.63, 3.8) is 0 Å². The maximum absolute atomic E-state index is 13.3. The van der Waals surface area contributed by atoms with Gasteiger partial charge in [-0.3, -0.25) is 4.79 Å². The summed E-state index contributed by atoms with van der Waals surface area (Å²) in [4.78, 5) is 30.0. The van der Waals surface area contributed by atoms with Gasteiger partial charge in [0.05, 0.1) is 49.1 Å². The number of ether oxygens (including phenoxy) is 1. The van der Waals surface area contributed by atoms with Crippen molar-refractivity contribution in [2.24, 2.45) is 0 Å². The van der Waals surface area contributed by atoms with Crippen LogP contribution in [0.25, 0.3) is 22.3 Å². The summed E-state index contributed by atoms with van der Waals surface area (Å²) in [5.41, 5.74) is 4.26. The third kappa shape index (κ3) is 3.67. The average Bonchev–Trinajstić information content (AvgIpc) is 3.17. The third-order valence-electron chi connectivity index (χ3n) is 7.02. The molecular weight excluding hydrogens is 434 g/mol. The number of quaternary nitrogens is 1. The second-order valence-electron chi connectivity index (χ2n) is 9.51. The molecule has 180 valence electrons.